The van der Waals surface area contributed by atoms with Crippen LogP contribution in [0, 0.1) is 0 Å². The third-order valence-electron chi connectivity index (χ3n) is 5.47. The molecule has 0 aliphatic carbocycles. The van der Waals surface area contributed by atoms with Crippen molar-refractivity contribution in [1.29, 1.82) is 0 Å². The van der Waals surface area contributed by atoms with Crippen LogP contribution >= 0.6 is 0 Å². The molecule has 0 aromatic heterocycles. The Hall–Kier alpha value is -3.92. The minimum atomic E-state index is -1.03. The molecular weight excluding hydrogens is 464 g/mol. The van der Waals surface area contributed by atoms with Gasteiger partial charge in [-0.1, -0.05) is 42.5 Å². The zero-order valence-corrected chi connectivity index (χ0v) is 20.2. The maximum Gasteiger partial charge on any atom is 0.317 e. The van der Waals surface area contributed by atoms with E-state index in [9.17, 15) is 19.2 Å². The summed E-state index contributed by atoms with van der Waals surface area (Å²) in [5.74, 6) is -1.23. The van der Waals surface area contributed by atoms with Crippen molar-refractivity contribution >= 4 is 24.2 Å². The third kappa shape index (κ3) is 11.0. The molecule has 3 amide bonds. The summed E-state index contributed by atoms with van der Waals surface area (Å²) in [4.78, 5) is 46.8. The van der Waals surface area contributed by atoms with E-state index in [1.807, 2.05) is 42.5 Å². The van der Waals surface area contributed by atoms with Crippen LogP contribution in [0.3, 0.4) is 0 Å². The van der Waals surface area contributed by atoms with Gasteiger partial charge in [0.15, 0.2) is 0 Å². The van der Waals surface area contributed by atoms with Gasteiger partial charge in [-0.25, -0.2) is 0 Å². The fourth-order valence-electron chi connectivity index (χ4n) is 3.67. The highest BCUT2D eigenvalue weighted by atomic mass is 16.4. The quantitative estimate of drug-likeness (QED) is 0.214. The summed E-state index contributed by atoms with van der Waals surface area (Å²) in [5.41, 5.74) is 2.07. The predicted octanol–water partition coefficient (Wildman–Crippen LogP) is 0.691. The number of carboxylic acids is 1. The SMILES string of the molecule is O=C(O)CNCC(=O)NC(Cc1ccccc1)C(=O)N1CCCC1.O=CNCCc1ccc(O)cc1. The van der Waals surface area contributed by atoms with Gasteiger partial charge in [-0.05, 0) is 42.5 Å². The van der Waals surface area contributed by atoms with Gasteiger partial charge in [0.25, 0.3) is 0 Å². The van der Waals surface area contributed by atoms with Crippen LogP contribution in [-0.4, -0.2) is 78.1 Å². The maximum atomic E-state index is 12.7. The number of nitrogens with zero attached hydrogens (tertiary/aromatic N) is 1. The Balaban J connectivity index is 0.000000319. The normalized spacial score (nSPS) is 13.2. The smallest absolute Gasteiger partial charge is 0.317 e. The molecule has 0 saturated carbocycles. The number of amides is 3. The third-order valence-corrected chi connectivity index (χ3v) is 5.47. The van der Waals surface area contributed by atoms with Gasteiger partial charge in [-0.2, -0.15) is 0 Å². The molecule has 2 aromatic rings. The lowest BCUT2D eigenvalue weighted by atomic mass is 10.0. The van der Waals surface area contributed by atoms with Gasteiger partial charge >= 0.3 is 5.97 Å². The van der Waals surface area contributed by atoms with Crippen LogP contribution in [0.4, 0.5) is 0 Å². The molecule has 194 valence electrons. The molecule has 10 nitrogen and oxygen atoms in total. The van der Waals surface area contributed by atoms with Crippen LogP contribution in [0.5, 0.6) is 5.75 Å². The highest BCUT2D eigenvalue weighted by Crippen LogP contribution is 2.12. The molecule has 2 aromatic carbocycles. The van der Waals surface area contributed by atoms with E-state index in [0.29, 0.717) is 19.4 Å². The van der Waals surface area contributed by atoms with Crippen LogP contribution in [0.25, 0.3) is 0 Å². The minimum absolute atomic E-state index is 0.0806. The van der Waals surface area contributed by atoms with Crippen molar-refractivity contribution in [3.63, 3.8) is 0 Å². The molecule has 1 aliphatic rings. The molecule has 1 saturated heterocycles. The first-order valence-electron chi connectivity index (χ1n) is 11.9. The largest absolute Gasteiger partial charge is 0.508 e. The van der Waals surface area contributed by atoms with Crippen LogP contribution in [0.1, 0.15) is 24.0 Å². The molecule has 1 heterocycles. The van der Waals surface area contributed by atoms with E-state index in [4.69, 9.17) is 10.2 Å². The first-order chi connectivity index (χ1) is 17.4. The highest BCUT2D eigenvalue weighted by Gasteiger charge is 2.27. The number of carbonyl (C=O) groups is 4. The van der Waals surface area contributed by atoms with E-state index < -0.39 is 12.0 Å². The Labute approximate surface area is 210 Å². The zero-order valence-electron chi connectivity index (χ0n) is 20.2. The van der Waals surface area contributed by atoms with E-state index >= 15 is 0 Å². The van der Waals surface area contributed by atoms with Gasteiger partial charge in [0.2, 0.25) is 18.2 Å². The predicted molar refractivity (Wildman–Crippen MR) is 134 cm³/mol. The lowest BCUT2D eigenvalue weighted by Gasteiger charge is -2.24. The number of aliphatic carboxylic acids is 1. The number of likely N-dealkylation sites (tertiary alicyclic amines) is 1. The van der Waals surface area contributed by atoms with Crippen LogP contribution < -0.4 is 16.0 Å². The number of nitrogens with one attached hydrogen (secondary N) is 3. The number of hydrogen-bond acceptors (Lipinski definition) is 6. The van der Waals surface area contributed by atoms with E-state index in [-0.39, 0.29) is 30.7 Å². The summed E-state index contributed by atoms with van der Waals surface area (Å²) in [6.07, 6.45) is 3.86. The molecule has 0 bridgehead atoms. The average molecular weight is 499 g/mol. The van der Waals surface area contributed by atoms with Crippen molar-refractivity contribution in [3.05, 3.63) is 65.7 Å². The van der Waals surface area contributed by atoms with E-state index in [1.165, 1.54) is 0 Å². The second-order valence-electron chi connectivity index (χ2n) is 8.33. The summed E-state index contributed by atoms with van der Waals surface area (Å²) in [7, 11) is 0. The van der Waals surface area contributed by atoms with Crippen molar-refractivity contribution in [1.82, 2.24) is 20.9 Å². The van der Waals surface area contributed by atoms with Crippen LogP contribution in [0.2, 0.25) is 0 Å². The summed E-state index contributed by atoms with van der Waals surface area (Å²) in [6.45, 7) is 1.64. The molecule has 1 fully saturated rings. The van der Waals surface area contributed by atoms with Crippen LogP contribution in [0.15, 0.2) is 54.6 Å². The lowest BCUT2D eigenvalue weighted by Crippen LogP contribution is -2.51. The second-order valence-corrected chi connectivity index (χ2v) is 8.33. The van der Waals surface area contributed by atoms with E-state index in [1.54, 1.807) is 17.0 Å². The Morgan fingerprint density at radius 2 is 1.61 bits per heavy atom. The van der Waals surface area contributed by atoms with Gasteiger partial charge in [0.1, 0.15) is 11.8 Å². The first-order valence-corrected chi connectivity index (χ1v) is 11.9. The number of hydrogen-bond donors (Lipinski definition) is 5. The molecule has 1 atom stereocenters. The Kier molecular flexibility index (Phi) is 12.5. The van der Waals surface area contributed by atoms with Gasteiger partial charge in [0, 0.05) is 26.1 Å². The number of phenolic OH excluding ortho intramolecular Hbond substituents is 1. The monoisotopic (exact) mass is 498 g/mol. The topological polar surface area (TPSA) is 148 Å². The number of phenols is 1. The van der Waals surface area contributed by atoms with Crippen molar-refractivity contribution in [2.24, 2.45) is 0 Å². The number of carboxylic acid groups (broad SMARTS) is 1. The van der Waals surface area contributed by atoms with Crippen LogP contribution in [-0.2, 0) is 32.0 Å². The Morgan fingerprint density at radius 1 is 0.944 bits per heavy atom. The highest BCUT2D eigenvalue weighted by molar-refractivity contribution is 5.89. The minimum Gasteiger partial charge on any atom is -0.508 e. The van der Waals surface area contributed by atoms with Crippen molar-refractivity contribution in [2.45, 2.75) is 31.7 Å². The molecule has 5 N–H and O–H groups in total. The molecule has 0 radical (unpaired) electrons. The first kappa shape index (κ1) is 28.3. The molecule has 0 spiro atoms. The fraction of sp³-hybridized carbons (Fsp3) is 0.385. The van der Waals surface area contributed by atoms with Crippen molar-refractivity contribution in [2.75, 3.05) is 32.7 Å². The molecule has 1 unspecified atom stereocenters. The summed E-state index contributed by atoms with van der Waals surface area (Å²) in [6, 6.07) is 15.8. The average Bonchev–Trinajstić information content (AvgIpc) is 3.40. The fourth-order valence-corrected chi connectivity index (χ4v) is 3.67. The van der Waals surface area contributed by atoms with Gasteiger partial charge in [-0.15, -0.1) is 0 Å². The van der Waals surface area contributed by atoms with Crippen molar-refractivity contribution < 1.29 is 29.4 Å². The lowest BCUT2D eigenvalue weighted by molar-refractivity contribution is -0.137. The summed E-state index contributed by atoms with van der Waals surface area (Å²) >= 11 is 0. The standard InChI is InChI=1S/C17H23N3O4.C9H11NO2/c21-15(11-18-12-16(22)23)19-14(10-13-6-2-1-3-7-13)17(24)20-8-4-5-9-20;11-7-10-6-5-8-1-3-9(12)4-2-8/h1-3,6-7,14,18H,4-5,8-12H2,(H,19,21)(H,22,23);1-4,7,12H,5-6H2,(H,10,11). The molecule has 36 heavy (non-hydrogen) atoms. The molecule has 1 aliphatic heterocycles. The number of rotatable bonds is 12. The van der Waals surface area contributed by atoms with E-state index in [0.717, 1.165) is 43.5 Å². The second kappa shape index (κ2) is 15.9. The number of benzene rings is 2. The van der Waals surface area contributed by atoms with Gasteiger partial charge in [0.05, 0.1) is 13.1 Å². The van der Waals surface area contributed by atoms with Crippen molar-refractivity contribution in [3.8, 4) is 5.75 Å². The summed E-state index contributed by atoms with van der Waals surface area (Å²) in [5, 5.41) is 25.4. The molecular formula is C26H34N4O6. The summed E-state index contributed by atoms with van der Waals surface area (Å²) < 4.78 is 0. The van der Waals surface area contributed by atoms with E-state index in [2.05, 4.69) is 16.0 Å². The maximum absolute atomic E-state index is 12.7. The Morgan fingerprint density at radius 3 is 2.22 bits per heavy atom. The Bertz CT molecular complexity index is 962. The van der Waals surface area contributed by atoms with Gasteiger partial charge < -0.3 is 25.7 Å². The number of carbonyl (C=O) groups excluding carboxylic acids is 3. The molecule has 10 heteroatoms. The zero-order chi connectivity index (χ0) is 26.2. The number of aromatic hydroxyl groups is 1. The van der Waals surface area contributed by atoms with Gasteiger partial charge in [-0.3, -0.25) is 24.5 Å². The molecule has 3 rings (SSSR count).